The van der Waals surface area contributed by atoms with Crippen LogP contribution in [0.25, 0.3) is 0 Å². The molecule has 0 aliphatic heterocycles. The molecule has 0 bridgehead atoms. The maximum atomic E-state index is 12.9. The van der Waals surface area contributed by atoms with E-state index in [1.807, 2.05) is 66.7 Å². The van der Waals surface area contributed by atoms with Crippen molar-refractivity contribution in [1.82, 2.24) is 4.90 Å². The Morgan fingerprint density at radius 2 is 1.15 bits per heavy atom. The molecule has 0 unspecified atom stereocenters. The highest BCUT2D eigenvalue weighted by atomic mass is 16.5. The average molecular weight is 452 g/mol. The third kappa shape index (κ3) is 6.41. The Morgan fingerprint density at radius 3 is 1.71 bits per heavy atom. The summed E-state index contributed by atoms with van der Waals surface area (Å²) in [7, 11) is 2.10. The van der Waals surface area contributed by atoms with Gasteiger partial charge in [0, 0.05) is 30.8 Å². The molecule has 0 atom stereocenters. The molecule has 4 nitrogen and oxygen atoms in total. The molecule has 0 aromatic heterocycles. The zero-order valence-corrected chi connectivity index (χ0v) is 19.4. The van der Waals surface area contributed by atoms with Crippen molar-refractivity contribution in [2.45, 2.75) is 19.5 Å². The lowest BCUT2D eigenvalue weighted by molar-refractivity contribution is 0.103. The van der Waals surface area contributed by atoms with Gasteiger partial charge < -0.3 is 9.84 Å². The van der Waals surface area contributed by atoms with Gasteiger partial charge in [0.05, 0.1) is 0 Å². The molecule has 0 amide bonds. The highest BCUT2D eigenvalue weighted by Gasteiger charge is 2.10. The van der Waals surface area contributed by atoms with Crippen molar-refractivity contribution in [2.75, 3.05) is 13.7 Å². The summed E-state index contributed by atoms with van der Waals surface area (Å²) in [6.07, 6.45) is 0.627. The number of hydrogen-bond acceptors (Lipinski definition) is 4. The van der Waals surface area contributed by atoms with Crippen LogP contribution < -0.4 is 4.74 Å². The predicted molar refractivity (Wildman–Crippen MR) is 135 cm³/mol. The maximum absolute atomic E-state index is 12.9. The van der Waals surface area contributed by atoms with Crippen molar-refractivity contribution in [3.05, 3.63) is 131 Å². The molecule has 4 aromatic carbocycles. The molecule has 0 aliphatic carbocycles. The molecule has 0 fully saturated rings. The fourth-order valence-electron chi connectivity index (χ4n) is 3.85. The van der Waals surface area contributed by atoms with E-state index in [0.29, 0.717) is 29.0 Å². The summed E-state index contributed by atoms with van der Waals surface area (Å²) in [6, 6.07) is 33.1. The zero-order chi connectivity index (χ0) is 23.8. The SMILES string of the molecule is CN(Cc1ccccc1)Cc1ccc(C(=O)c2ccc(Oc3ccc(CCO)cc3)cc2)cc1. The van der Waals surface area contributed by atoms with Crippen LogP contribution in [-0.4, -0.2) is 29.4 Å². The van der Waals surface area contributed by atoms with Crippen LogP contribution in [0.2, 0.25) is 0 Å². The highest BCUT2D eigenvalue weighted by molar-refractivity contribution is 6.09. The second kappa shape index (κ2) is 11.4. The van der Waals surface area contributed by atoms with Crippen molar-refractivity contribution < 1.29 is 14.6 Å². The van der Waals surface area contributed by atoms with Crippen LogP contribution in [0.1, 0.15) is 32.6 Å². The smallest absolute Gasteiger partial charge is 0.193 e. The molecular weight excluding hydrogens is 422 g/mol. The first kappa shape index (κ1) is 23.4. The molecular formula is C30H29NO3. The third-order valence-corrected chi connectivity index (χ3v) is 5.64. The van der Waals surface area contributed by atoms with Gasteiger partial charge in [-0.05, 0) is 66.6 Å². The van der Waals surface area contributed by atoms with Gasteiger partial charge >= 0.3 is 0 Å². The second-order valence-electron chi connectivity index (χ2n) is 8.43. The number of carbonyl (C=O) groups excluding carboxylic acids is 1. The van der Waals surface area contributed by atoms with Gasteiger partial charge in [0.15, 0.2) is 5.78 Å². The van der Waals surface area contributed by atoms with Gasteiger partial charge in [-0.3, -0.25) is 9.69 Å². The summed E-state index contributed by atoms with van der Waals surface area (Å²) >= 11 is 0. The Labute approximate surface area is 201 Å². The van der Waals surface area contributed by atoms with Crippen LogP contribution in [0.5, 0.6) is 11.5 Å². The molecule has 4 rings (SSSR count). The molecule has 4 heteroatoms. The standard InChI is InChI=1S/C30H29NO3/c1-31(21-24-5-3-2-4-6-24)22-25-7-11-26(12-8-25)30(33)27-13-17-29(18-14-27)34-28-15-9-23(10-16-28)19-20-32/h2-18,32H,19-22H2,1H3. The van der Waals surface area contributed by atoms with Gasteiger partial charge in [0.1, 0.15) is 11.5 Å². The van der Waals surface area contributed by atoms with E-state index >= 15 is 0 Å². The van der Waals surface area contributed by atoms with Gasteiger partial charge in [0.25, 0.3) is 0 Å². The van der Waals surface area contributed by atoms with Gasteiger partial charge in [-0.15, -0.1) is 0 Å². The van der Waals surface area contributed by atoms with Crippen molar-refractivity contribution in [3.8, 4) is 11.5 Å². The molecule has 0 aliphatic rings. The Morgan fingerprint density at radius 1 is 0.676 bits per heavy atom. The van der Waals surface area contributed by atoms with E-state index in [-0.39, 0.29) is 12.4 Å². The molecule has 0 heterocycles. The van der Waals surface area contributed by atoms with Crippen LogP contribution in [0, 0.1) is 0 Å². The fourth-order valence-corrected chi connectivity index (χ4v) is 3.85. The Kier molecular flexibility index (Phi) is 7.87. The van der Waals surface area contributed by atoms with Crippen LogP contribution in [0.15, 0.2) is 103 Å². The van der Waals surface area contributed by atoms with E-state index in [1.165, 1.54) is 11.1 Å². The minimum absolute atomic E-state index is 0.0101. The number of aliphatic hydroxyl groups excluding tert-OH is 1. The highest BCUT2D eigenvalue weighted by Crippen LogP contribution is 2.23. The van der Waals surface area contributed by atoms with E-state index in [4.69, 9.17) is 9.84 Å². The van der Waals surface area contributed by atoms with Gasteiger partial charge in [-0.2, -0.15) is 0 Å². The van der Waals surface area contributed by atoms with Gasteiger partial charge in [0.2, 0.25) is 0 Å². The van der Waals surface area contributed by atoms with Crippen molar-refractivity contribution in [1.29, 1.82) is 0 Å². The zero-order valence-electron chi connectivity index (χ0n) is 19.4. The van der Waals surface area contributed by atoms with E-state index in [9.17, 15) is 4.79 Å². The molecule has 0 saturated carbocycles. The topological polar surface area (TPSA) is 49.8 Å². The predicted octanol–water partition coefficient (Wildman–Crippen LogP) is 5.88. The minimum atomic E-state index is -0.0101. The normalized spacial score (nSPS) is 10.9. The molecule has 34 heavy (non-hydrogen) atoms. The van der Waals surface area contributed by atoms with Gasteiger partial charge in [-0.1, -0.05) is 66.7 Å². The number of nitrogens with zero attached hydrogens (tertiary/aromatic N) is 1. The minimum Gasteiger partial charge on any atom is -0.457 e. The number of aliphatic hydroxyl groups is 1. The number of hydrogen-bond donors (Lipinski definition) is 1. The Balaban J connectivity index is 1.34. The van der Waals surface area contributed by atoms with Crippen molar-refractivity contribution in [3.63, 3.8) is 0 Å². The summed E-state index contributed by atoms with van der Waals surface area (Å²) in [5.41, 5.74) is 4.80. The first-order valence-corrected chi connectivity index (χ1v) is 11.4. The Hall–Kier alpha value is -3.73. The van der Waals surface area contributed by atoms with Crippen molar-refractivity contribution in [2.24, 2.45) is 0 Å². The van der Waals surface area contributed by atoms with E-state index in [0.717, 1.165) is 18.7 Å². The fraction of sp³-hybridized carbons (Fsp3) is 0.167. The number of carbonyl (C=O) groups is 1. The summed E-state index contributed by atoms with van der Waals surface area (Å²) in [4.78, 5) is 15.2. The Bertz CT molecular complexity index is 1180. The number of ether oxygens (including phenoxy) is 1. The summed E-state index contributed by atoms with van der Waals surface area (Å²) in [6.45, 7) is 1.82. The van der Waals surface area contributed by atoms with Crippen LogP contribution in [0.3, 0.4) is 0 Å². The van der Waals surface area contributed by atoms with E-state index in [1.54, 1.807) is 12.1 Å². The molecule has 172 valence electrons. The number of rotatable bonds is 10. The molecule has 0 radical (unpaired) electrons. The van der Waals surface area contributed by atoms with Crippen LogP contribution >= 0.6 is 0 Å². The van der Waals surface area contributed by atoms with E-state index < -0.39 is 0 Å². The lowest BCUT2D eigenvalue weighted by Crippen LogP contribution is -2.17. The first-order valence-electron chi connectivity index (χ1n) is 11.4. The third-order valence-electron chi connectivity index (χ3n) is 5.64. The number of benzene rings is 4. The lowest BCUT2D eigenvalue weighted by atomic mass is 10.0. The number of ketones is 1. The maximum Gasteiger partial charge on any atom is 0.193 e. The molecule has 4 aromatic rings. The first-order chi connectivity index (χ1) is 16.6. The molecule has 0 spiro atoms. The van der Waals surface area contributed by atoms with Crippen LogP contribution in [0.4, 0.5) is 0 Å². The molecule has 0 saturated heterocycles. The van der Waals surface area contributed by atoms with Gasteiger partial charge in [-0.25, -0.2) is 0 Å². The summed E-state index contributed by atoms with van der Waals surface area (Å²) in [5, 5.41) is 9.01. The monoisotopic (exact) mass is 451 g/mol. The summed E-state index contributed by atoms with van der Waals surface area (Å²) < 4.78 is 5.87. The van der Waals surface area contributed by atoms with Crippen molar-refractivity contribution >= 4 is 5.78 Å². The quantitative estimate of drug-likeness (QED) is 0.306. The lowest BCUT2D eigenvalue weighted by Gasteiger charge is -2.17. The van der Waals surface area contributed by atoms with Crippen LogP contribution in [-0.2, 0) is 19.5 Å². The second-order valence-corrected chi connectivity index (χ2v) is 8.43. The molecule has 1 N–H and O–H groups in total. The largest absolute Gasteiger partial charge is 0.457 e. The average Bonchev–Trinajstić information content (AvgIpc) is 2.86. The summed E-state index contributed by atoms with van der Waals surface area (Å²) in [5.74, 6) is 1.38. The van der Waals surface area contributed by atoms with E-state index in [2.05, 4.69) is 36.2 Å².